The number of hydrogen-bond donors (Lipinski definition) is 2. The molecule has 2 N–H and O–H groups in total. The van der Waals surface area contributed by atoms with Crippen LogP contribution in [-0.2, 0) is 0 Å². The largest absolute Gasteiger partial charge is 0.393 e. The Morgan fingerprint density at radius 2 is 1.70 bits per heavy atom. The van der Waals surface area contributed by atoms with Crippen molar-refractivity contribution in [2.75, 3.05) is 0 Å². The molecule has 0 bridgehead atoms. The van der Waals surface area contributed by atoms with Gasteiger partial charge >= 0.3 is 0 Å². The summed E-state index contributed by atoms with van der Waals surface area (Å²) in [5.74, 6) is 0. The van der Waals surface area contributed by atoms with Crippen molar-refractivity contribution in [3.8, 4) is 0 Å². The molecule has 0 rings (SSSR count). The maximum Gasteiger partial charge on any atom is 0.0541 e. The van der Waals surface area contributed by atoms with Gasteiger partial charge in [0.15, 0.2) is 0 Å². The molecule has 0 spiro atoms. The summed E-state index contributed by atoms with van der Waals surface area (Å²) >= 11 is 0. The van der Waals surface area contributed by atoms with E-state index in [0.717, 1.165) is 6.42 Å². The van der Waals surface area contributed by atoms with Gasteiger partial charge in [0.25, 0.3) is 0 Å². The third-order valence-corrected chi connectivity index (χ3v) is 1.64. The van der Waals surface area contributed by atoms with E-state index in [2.05, 4.69) is 6.92 Å². The third kappa shape index (κ3) is 4.77. The minimum Gasteiger partial charge on any atom is -0.393 e. The number of hydrogen-bond acceptors (Lipinski definition) is 2. The number of aliphatic hydroxyl groups excluding tert-OH is 2. The molecule has 0 aliphatic rings. The first-order chi connectivity index (χ1) is 4.70. The van der Waals surface area contributed by atoms with Gasteiger partial charge in [0.2, 0.25) is 0 Å². The summed E-state index contributed by atoms with van der Waals surface area (Å²) in [5, 5.41) is 18.1. The molecule has 0 saturated heterocycles. The van der Waals surface area contributed by atoms with E-state index in [-0.39, 0.29) is 12.2 Å². The van der Waals surface area contributed by atoms with Gasteiger partial charge in [0.1, 0.15) is 0 Å². The maximum atomic E-state index is 9.07. The Morgan fingerprint density at radius 3 is 2.10 bits per heavy atom. The molecule has 0 fully saturated rings. The SMILES string of the molecule is [CH2]CC(O)CCC(O)CC. The standard InChI is InChI=1S/C8H17O2/c1-3-7(9)5-6-8(10)4-2/h7-10H,1,3-6H2,2H3. The molecule has 2 unspecified atom stereocenters. The predicted octanol–water partition coefficient (Wildman–Crippen LogP) is 1.12. The van der Waals surface area contributed by atoms with Crippen LogP contribution in [0.2, 0.25) is 0 Å². The molecule has 0 aromatic carbocycles. The number of rotatable bonds is 5. The molecule has 10 heavy (non-hydrogen) atoms. The van der Waals surface area contributed by atoms with Crippen molar-refractivity contribution in [2.45, 2.75) is 44.8 Å². The fraction of sp³-hybridized carbons (Fsp3) is 0.875. The van der Waals surface area contributed by atoms with Crippen LogP contribution in [0.3, 0.4) is 0 Å². The zero-order valence-electron chi connectivity index (χ0n) is 6.58. The second kappa shape index (κ2) is 5.69. The summed E-state index contributed by atoms with van der Waals surface area (Å²) < 4.78 is 0. The van der Waals surface area contributed by atoms with Crippen LogP contribution in [0.25, 0.3) is 0 Å². The van der Waals surface area contributed by atoms with Crippen LogP contribution in [-0.4, -0.2) is 22.4 Å². The molecule has 0 amide bonds. The van der Waals surface area contributed by atoms with Crippen LogP contribution >= 0.6 is 0 Å². The van der Waals surface area contributed by atoms with Crippen LogP contribution in [0.5, 0.6) is 0 Å². The monoisotopic (exact) mass is 145 g/mol. The third-order valence-electron chi connectivity index (χ3n) is 1.64. The van der Waals surface area contributed by atoms with Crippen LogP contribution in [0, 0.1) is 6.92 Å². The second-order valence-corrected chi connectivity index (χ2v) is 2.58. The average molecular weight is 145 g/mol. The van der Waals surface area contributed by atoms with Gasteiger partial charge in [-0.15, -0.1) is 0 Å². The highest BCUT2D eigenvalue weighted by molar-refractivity contribution is 4.60. The maximum absolute atomic E-state index is 9.07. The molecule has 61 valence electrons. The molecule has 0 aliphatic heterocycles. The highest BCUT2D eigenvalue weighted by Crippen LogP contribution is 2.05. The van der Waals surface area contributed by atoms with E-state index in [4.69, 9.17) is 10.2 Å². The van der Waals surface area contributed by atoms with Crippen molar-refractivity contribution < 1.29 is 10.2 Å². The van der Waals surface area contributed by atoms with Gasteiger partial charge in [-0.1, -0.05) is 13.8 Å². The molecule has 0 aromatic rings. The summed E-state index contributed by atoms with van der Waals surface area (Å²) in [6.07, 6.45) is 2.08. The quantitative estimate of drug-likeness (QED) is 0.608. The Balaban J connectivity index is 3.17. The Bertz CT molecular complexity index is 63.7. The summed E-state index contributed by atoms with van der Waals surface area (Å²) in [6.45, 7) is 5.49. The molecule has 0 saturated carbocycles. The van der Waals surface area contributed by atoms with Gasteiger partial charge in [0, 0.05) is 0 Å². The van der Waals surface area contributed by atoms with E-state index >= 15 is 0 Å². The zero-order valence-corrected chi connectivity index (χ0v) is 6.58. The zero-order chi connectivity index (χ0) is 7.98. The van der Waals surface area contributed by atoms with Gasteiger partial charge in [0.05, 0.1) is 12.2 Å². The van der Waals surface area contributed by atoms with Crippen molar-refractivity contribution in [1.82, 2.24) is 0 Å². The molecule has 2 heteroatoms. The summed E-state index contributed by atoms with van der Waals surface area (Å²) in [6, 6.07) is 0. The molecule has 1 radical (unpaired) electrons. The van der Waals surface area contributed by atoms with Crippen molar-refractivity contribution in [2.24, 2.45) is 0 Å². The van der Waals surface area contributed by atoms with E-state index in [1.165, 1.54) is 0 Å². The fourth-order valence-corrected chi connectivity index (χ4v) is 0.733. The van der Waals surface area contributed by atoms with E-state index < -0.39 is 0 Å². The lowest BCUT2D eigenvalue weighted by atomic mass is 10.1. The second-order valence-electron chi connectivity index (χ2n) is 2.58. The predicted molar refractivity (Wildman–Crippen MR) is 41.5 cm³/mol. The van der Waals surface area contributed by atoms with Gasteiger partial charge in [-0.05, 0) is 25.7 Å². The van der Waals surface area contributed by atoms with E-state index in [1.807, 2.05) is 6.92 Å². The lowest BCUT2D eigenvalue weighted by Crippen LogP contribution is -2.11. The summed E-state index contributed by atoms with van der Waals surface area (Å²) in [7, 11) is 0. The van der Waals surface area contributed by atoms with Crippen LogP contribution in [0.1, 0.15) is 32.6 Å². The van der Waals surface area contributed by atoms with Crippen molar-refractivity contribution in [3.05, 3.63) is 6.92 Å². The van der Waals surface area contributed by atoms with Gasteiger partial charge < -0.3 is 10.2 Å². The molecule has 0 heterocycles. The minimum atomic E-state index is -0.332. The first-order valence-electron chi connectivity index (χ1n) is 3.86. The van der Waals surface area contributed by atoms with E-state index in [1.54, 1.807) is 0 Å². The smallest absolute Gasteiger partial charge is 0.0541 e. The first-order valence-corrected chi connectivity index (χ1v) is 3.86. The lowest BCUT2D eigenvalue weighted by Gasteiger charge is -2.10. The van der Waals surface area contributed by atoms with E-state index in [9.17, 15) is 0 Å². The highest BCUT2D eigenvalue weighted by atomic mass is 16.3. The van der Waals surface area contributed by atoms with Crippen molar-refractivity contribution in [1.29, 1.82) is 0 Å². The Kier molecular flexibility index (Phi) is 5.64. The highest BCUT2D eigenvalue weighted by Gasteiger charge is 2.04. The molecular weight excluding hydrogens is 128 g/mol. The Labute approximate surface area is 62.9 Å². The average Bonchev–Trinajstić information content (AvgIpc) is 1.99. The van der Waals surface area contributed by atoms with Crippen LogP contribution in [0.4, 0.5) is 0 Å². The Morgan fingerprint density at radius 1 is 1.20 bits per heavy atom. The van der Waals surface area contributed by atoms with Crippen molar-refractivity contribution in [3.63, 3.8) is 0 Å². The first kappa shape index (κ1) is 9.92. The fourth-order valence-electron chi connectivity index (χ4n) is 0.733. The van der Waals surface area contributed by atoms with Crippen molar-refractivity contribution >= 4 is 0 Å². The molecule has 0 aromatic heterocycles. The number of aliphatic hydroxyl groups is 2. The van der Waals surface area contributed by atoms with Gasteiger partial charge in [-0.2, -0.15) is 0 Å². The summed E-state index contributed by atoms with van der Waals surface area (Å²) in [5.41, 5.74) is 0. The molecule has 2 nitrogen and oxygen atoms in total. The normalized spacial score (nSPS) is 16.8. The Hall–Kier alpha value is -0.0800. The van der Waals surface area contributed by atoms with E-state index in [0.29, 0.717) is 19.3 Å². The van der Waals surface area contributed by atoms with Gasteiger partial charge in [-0.25, -0.2) is 0 Å². The van der Waals surface area contributed by atoms with Crippen LogP contribution < -0.4 is 0 Å². The molecule has 2 atom stereocenters. The topological polar surface area (TPSA) is 40.5 Å². The molecule has 0 aliphatic carbocycles. The van der Waals surface area contributed by atoms with Crippen LogP contribution in [0.15, 0.2) is 0 Å². The molecular formula is C8H17O2. The summed E-state index contributed by atoms with van der Waals surface area (Å²) in [4.78, 5) is 0. The lowest BCUT2D eigenvalue weighted by molar-refractivity contribution is 0.113. The van der Waals surface area contributed by atoms with Gasteiger partial charge in [-0.3, -0.25) is 0 Å². The minimum absolute atomic E-state index is 0.249.